The van der Waals surface area contributed by atoms with E-state index in [0.717, 1.165) is 24.8 Å². The molecule has 1 aliphatic rings. The molecule has 3 rings (SSSR count). The van der Waals surface area contributed by atoms with Crippen LogP contribution in [0.3, 0.4) is 0 Å². The van der Waals surface area contributed by atoms with E-state index in [0.29, 0.717) is 17.6 Å². The van der Waals surface area contributed by atoms with Gasteiger partial charge >= 0.3 is 0 Å². The monoisotopic (exact) mass is 301 g/mol. The molecule has 110 valence electrons. The largest absolute Gasteiger partial charge is 0.387 e. The van der Waals surface area contributed by atoms with Crippen LogP contribution < -0.4 is 5.32 Å². The van der Waals surface area contributed by atoms with Crippen LogP contribution in [-0.2, 0) is 12.8 Å². The molecule has 0 saturated carbocycles. The number of hydrogen-bond donors (Lipinski definition) is 2. The van der Waals surface area contributed by atoms with Crippen molar-refractivity contribution in [2.75, 3.05) is 6.54 Å². The molecular formula is C18H20ClNO. The van der Waals surface area contributed by atoms with Crippen molar-refractivity contribution >= 4 is 11.6 Å². The van der Waals surface area contributed by atoms with Gasteiger partial charge in [0.2, 0.25) is 0 Å². The minimum atomic E-state index is -0.487. The van der Waals surface area contributed by atoms with E-state index in [1.807, 2.05) is 24.3 Å². The predicted octanol–water partition coefficient (Wildman–Crippen LogP) is 3.52. The summed E-state index contributed by atoms with van der Waals surface area (Å²) in [4.78, 5) is 0. The summed E-state index contributed by atoms with van der Waals surface area (Å²) in [6.07, 6.45) is 2.80. The first-order valence-electron chi connectivity index (χ1n) is 7.46. The highest BCUT2D eigenvalue weighted by molar-refractivity contribution is 6.30. The molecule has 0 fully saturated rings. The van der Waals surface area contributed by atoms with E-state index < -0.39 is 6.10 Å². The Kier molecular flexibility index (Phi) is 4.59. The van der Waals surface area contributed by atoms with Crippen LogP contribution >= 0.6 is 11.6 Å². The van der Waals surface area contributed by atoms with Crippen molar-refractivity contribution < 1.29 is 5.11 Å². The topological polar surface area (TPSA) is 32.3 Å². The Hall–Kier alpha value is -1.35. The smallest absolute Gasteiger partial charge is 0.0914 e. The fraction of sp³-hybridized carbons (Fsp3) is 0.333. The molecule has 0 bridgehead atoms. The van der Waals surface area contributed by atoms with Gasteiger partial charge < -0.3 is 10.4 Å². The van der Waals surface area contributed by atoms with Gasteiger partial charge in [0.25, 0.3) is 0 Å². The average Bonchev–Trinajstić information content (AvgIpc) is 2.53. The minimum absolute atomic E-state index is 0.446. The molecule has 21 heavy (non-hydrogen) atoms. The van der Waals surface area contributed by atoms with Crippen LogP contribution in [0.15, 0.2) is 48.5 Å². The van der Waals surface area contributed by atoms with Gasteiger partial charge in [0.1, 0.15) is 0 Å². The summed E-state index contributed by atoms with van der Waals surface area (Å²) >= 11 is 5.87. The van der Waals surface area contributed by atoms with E-state index in [4.69, 9.17) is 11.6 Å². The molecule has 0 spiro atoms. The second-order valence-electron chi connectivity index (χ2n) is 5.68. The van der Waals surface area contributed by atoms with Gasteiger partial charge in [0.15, 0.2) is 0 Å². The third-order valence-corrected chi connectivity index (χ3v) is 4.45. The lowest BCUT2D eigenvalue weighted by molar-refractivity contribution is 0.168. The Morgan fingerprint density at radius 2 is 1.81 bits per heavy atom. The number of rotatable bonds is 4. The van der Waals surface area contributed by atoms with Crippen LogP contribution in [0.2, 0.25) is 5.02 Å². The van der Waals surface area contributed by atoms with Crippen LogP contribution in [-0.4, -0.2) is 17.7 Å². The van der Waals surface area contributed by atoms with Crippen molar-refractivity contribution in [3.05, 3.63) is 70.2 Å². The Balaban J connectivity index is 1.55. The van der Waals surface area contributed by atoms with Crippen molar-refractivity contribution in [2.24, 2.45) is 0 Å². The van der Waals surface area contributed by atoms with Gasteiger partial charge in [-0.2, -0.15) is 0 Å². The second kappa shape index (κ2) is 6.61. The molecule has 0 aliphatic heterocycles. The average molecular weight is 302 g/mol. The van der Waals surface area contributed by atoms with Crippen molar-refractivity contribution in [1.82, 2.24) is 5.32 Å². The Morgan fingerprint density at radius 1 is 1.10 bits per heavy atom. The maximum Gasteiger partial charge on any atom is 0.0914 e. The van der Waals surface area contributed by atoms with Crippen LogP contribution in [0, 0.1) is 0 Å². The SMILES string of the molecule is OC(CNC1CCc2ccccc2C1)c1ccc(Cl)cc1. The van der Waals surface area contributed by atoms with Crippen molar-refractivity contribution in [3.8, 4) is 0 Å². The highest BCUT2D eigenvalue weighted by Crippen LogP contribution is 2.22. The quantitative estimate of drug-likeness (QED) is 0.905. The normalized spacial score (nSPS) is 19.0. The van der Waals surface area contributed by atoms with Gasteiger partial charge in [-0.1, -0.05) is 48.0 Å². The maximum absolute atomic E-state index is 10.2. The lowest BCUT2D eigenvalue weighted by Gasteiger charge is -2.26. The number of benzene rings is 2. The molecular weight excluding hydrogens is 282 g/mol. The van der Waals surface area contributed by atoms with Gasteiger partial charge in [0.05, 0.1) is 6.10 Å². The first kappa shape index (κ1) is 14.6. The Labute approximate surface area is 130 Å². The zero-order chi connectivity index (χ0) is 14.7. The van der Waals surface area contributed by atoms with Crippen LogP contribution in [0.25, 0.3) is 0 Å². The summed E-state index contributed by atoms with van der Waals surface area (Å²) < 4.78 is 0. The van der Waals surface area contributed by atoms with Gasteiger partial charge in [-0.05, 0) is 48.1 Å². The Bertz CT molecular complexity index is 596. The zero-order valence-corrected chi connectivity index (χ0v) is 12.7. The number of aliphatic hydroxyl groups is 1. The number of aryl methyl sites for hydroxylation is 1. The first-order chi connectivity index (χ1) is 10.2. The number of aliphatic hydroxyl groups excluding tert-OH is 1. The predicted molar refractivity (Wildman–Crippen MR) is 86.7 cm³/mol. The second-order valence-corrected chi connectivity index (χ2v) is 6.12. The highest BCUT2D eigenvalue weighted by atomic mass is 35.5. The highest BCUT2D eigenvalue weighted by Gasteiger charge is 2.18. The summed E-state index contributed by atoms with van der Waals surface area (Å²) in [6.45, 7) is 0.578. The molecule has 2 unspecified atom stereocenters. The lowest BCUT2D eigenvalue weighted by atomic mass is 9.88. The summed E-state index contributed by atoms with van der Waals surface area (Å²) in [7, 11) is 0. The standard InChI is InChI=1S/C18H20ClNO/c19-16-8-5-14(6-9-16)18(21)12-20-17-10-7-13-3-1-2-4-15(13)11-17/h1-6,8-9,17-18,20-21H,7,10-12H2. The molecule has 0 saturated heterocycles. The fourth-order valence-electron chi connectivity index (χ4n) is 2.95. The number of halogens is 1. The summed E-state index contributed by atoms with van der Waals surface area (Å²) in [5.74, 6) is 0. The van der Waals surface area contributed by atoms with Crippen molar-refractivity contribution in [1.29, 1.82) is 0 Å². The lowest BCUT2D eigenvalue weighted by Crippen LogP contribution is -2.37. The number of hydrogen-bond acceptors (Lipinski definition) is 2. The molecule has 0 heterocycles. The molecule has 2 atom stereocenters. The van der Waals surface area contributed by atoms with E-state index in [1.165, 1.54) is 11.1 Å². The number of fused-ring (bicyclic) bond motifs is 1. The van der Waals surface area contributed by atoms with E-state index in [-0.39, 0.29) is 0 Å². The minimum Gasteiger partial charge on any atom is -0.387 e. The van der Waals surface area contributed by atoms with Gasteiger partial charge in [-0.3, -0.25) is 0 Å². The summed E-state index contributed by atoms with van der Waals surface area (Å²) in [5.41, 5.74) is 3.80. The van der Waals surface area contributed by atoms with Crippen molar-refractivity contribution in [3.63, 3.8) is 0 Å². The molecule has 1 aliphatic carbocycles. The molecule has 3 heteroatoms. The van der Waals surface area contributed by atoms with Crippen LogP contribution in [0.4, 0.5) is 0 Å². The van der Waals surface area contributed by atoms with Gasteiger partial charge in [0, 0.05) is 17.6 Å². The summed E-state index contributed by atoms with van der Waals surface area (Å²) in [6, 6.07) is 16.5. The molecule has 2 aromatic rings. The fourth-order valence-corrected chi connectivity index (χ4v) is 3.08. The third kappa shape index (κ3) is 3.65. The molecule has 0 aromatic heterocycles. The van der Waals surface area contributed by atoms with E-state index in [1.54, 1.807) is 0 Å². The first-order valence-corrected chi connectivity index (χ1v) is 7.84. The molecule has 0 amide bonds. The van der Waals surface area contributed by atoms with E-state index in [2.05, 4.69) is 29.6 Å². The maximum atomic E-state index is 10.2. The Morgan fingerprint density at radius 3 is 2.57 bits per heavy atom. The molecule has 2 N–H and O–H groups in total. The van der Waals surface area contributed by atoms with Crippen LogP contribution in [0.1, 0.15) is 29.2 Å². The molecule has 2 nitrogen and oxygen atoms in total. The summed E-state index contributed by atoms with van der Waals surface area (Å²) in [5, 5.41) is 14.4. The molecule has 2 aromatic carbocycles. The van der Waals surface area contributed by atoms with E-state index in [9.17, 15) is 5.11 Å². The molecule has 0 radical (unpaired) electrons. The van der Waals surface area contributed by atoms with Gasteiger partial charge in [-0.25, -0.2) is 0 Å². The van der Waals surface area contributed by atoms with Crippen molar-refractivity contribution in [2.45, 2.75) is 31.4 Å². The third-order valence-electron chi connectivity index (χ3n) is 4.20. The zero-order valence-electron chi connectivity index (χ0n) is 11.9. The van der Waals surface area contributed by atoms with Gasteiger partial charge in [-0.15, -0.1) is 0 Å². The van der Waals surface area contributed by atoms with Crippen LogP contribution in [0.5, 0.6) is 0 Å². The van der Waals surface area contributed by atoms with E-state index >= 15 is 0 Å². The number of nitrogens with one attached hydrogen (secondary N) is 1.